The molecular formula is C21H20N2O6. The number of benzene rings is 2. The molecule has 1 aliphatic heterocycles. The Hall–Kier alpha value is -3.68. The lowest BCUT2D eigenvalue weighted by Crippen LogP contribution is -2.35. The number of hydrogen-bond donors (Lipinski definition) is 2. The number of nitrogens with zero attached hydrogens (tertiary/aromatic N) is 1. The summed E-state index contributed by atoms with van der Waals surface area (Å²) < 4.78 is 4.93. The number of carboxylic acid groups (broad SMARTS) is 1. The highest BCUT2D eigenvalue weighted by Crippen LogP contribution is 2.29. The number of esters is 1. The second-order valence-corrected chi connectivity index (χ2v) is 6.57. The third kappa shape index (κ3) is 4.11. The van der Waals surface area contributed by atoms with E-state index in [4.69, 9.17) is 4.74 Å². The second kappa shape index (κ2) is 8.14. The maximum Gasteiger partial charge on any atom is 0.338 e. The zero-order valence-electron chi connectivity index (χ0n) is 16.0. The van der Waals surface area contributed by atoms with Crippen LogP contribution in [0.3, 0.4) is 0 Å². The van der Waals surface area contributed by atoms with Gasteiger partial charge in [-0.3, -0.25) is 9.59 Å². The number of carbonyl (C=O) groups excluding carboxylic acids is 3. The molecule has 1 atom stereocenters. The monoisotopic (exact) mass is 396 g/mol. The molecule has 0 aromatic heterocycles. The third-order valence-electron chi connectivity index (χ3n) is 4.58. The van der Waals surface area contributed by atoms with Gasteiger partial charge in [-0.2, -0.15) is 0 Å². The van der Waals surface area contributed by atoms with E-state index in [1.807, 2.05) is 0 Å². The van der Waals surface area contributed by atoms with Gasteiger partial charge in [0.15, 0.2) is 0 Å². The fraction of sp³-hybridized carbons (Fsp3) is 0.238. The molecule has 2 N–H and O–H groups in total. The minimum Gasteiger partial charge on any atom is -0.478 e. The van der Waals surface area contributed by atoms with Gasteiger partial charge in [-0.15, -0.1) is 0 Å². The summed E-state index contributed by atoms with van der Waals surface area (Å²) in [6, 6.07) is 9.92. The molecule has 0 spiro atoms. The molecule has 1 aliphatic rings. The highest BCUT2D eigenvalue weighted by atomic mass is 16.5. The van der Waals surface area contributed by atoms with E-state index in [1.165, 1.54) is 12.1 Å². The second-order valence-electron chi connectivity index (χ2n) is 6.57. The van der Waals surface area contributed by atoms with E-state index in [0.29, 0.717) is 16.8 Å². The molecule has 0 saturated carbocycles. The van der Waals surface area contributed by atoms with Gasteiger partial charge in [0.2, 0.25) is 5.91 Å². The van der Waals surface area contributed by atoms with Crippen molar-refractivity contribution in [3.63, 3.8) is 0 Å². The summed E-state index contributed by atoms with van der Waals surface area (Å²) >= 11 is 0. The van der Waals surface area contributed by atoms with Crippen molar-refractivity contribution in [1.29, 1.82) is 0 Å². The SMILES string of the molecule is CCOC(=O)c1ccc(NC2CC(=O)N(c3cc(C(=O)O)ccc3C)C2=O)cc1. The number of ether oxygens (including phenoxy) is 1. The normalized spacial score (nSPS) is 16.1. The summed E-state index contributed by atoms with van der Waals surface area (Å²) in [7, 11) is 0. The van der Waals surface area contributed by atoms with Gasteiger partial charge < -0.3 is 15.2 Å². The maximum atomic E-state index is 12.8. The Morgan fingerprint density at radius 3 is 2.41 bits per heavy atom. The van der Waals surface area contributed by atoms with Crippen LogP contribution in [0.25, 0.3) is 0 Å². The van der Waals surface area contributed by atoms with Crippen LogP contribution in [0.4, 0.5) is 11.4 Å². The Bertz CT molecular complexity index is 983. The first-order valence-corrected chi connectivity index (χ1v) is 9.06. The van der Waals surface area contributed by atoms with Crippen LogP contribution in [0, 0.1) is 6.92 Å². The number of hydrogen-bond acceptors (Lipinski definition) is 6. The molecule has 8 nitrogen and oxygen atoms in total. The number of carbonyl (C=O) groups is 4. The molecule has 0 bridgehead atoms. The van der Waals surface area contributed by atoms with Crippen LogP contribution in [0.1, 0.15) is 39.6 Å². The van der Waals surface area contributed by atoms with E-state index in [2.05, 4.69) is 5.32 Å². The van der Waals surface area contributed by atoms with Crippen molar-refractivity contribution in [2.45, 2.75) is 26.3 Å². The summed E-state index contributed by atoms with van der Waals surface area (Å²) in [4.78, 5) is 49.3. The number of imide groups is 1. The first kappa shape index (κ1) is 20.1. The van der Waals surface area contributed by atoms with Gasteiger partial charge >= 0.3 is 11.9 Å². The Kier molecular flexibility index (Phi) is 5.63. The first-order chi connectivity index (χ1) is 13.8. The topological polar surface area (TPSA) is 113 Å². The molecule has 150 valence electrons. The molecule has 1 unspecified atom stereocenters. The van der Waals surface area contributed by atoms with Gasteiger partial charge in [-0.1, -0.05) is 6.07 Å². The van der Waals surface area contributed by atoms with E-state index < -0.39 is 29.8 Å². The van der Waals surface area contributed by atoms with Crippen LogP contribution in [0.2, 0.25) is 0 Å². The van der Waals surface area contributed by atoms with Gasteiger partial charge in [0, 0.05) is 5.69 Å². The molecule has 8 heteroatoms. The number of nitrogens with one attached hydrogen (secondary N) is 1. The van der Waals surface area contributed by atoms with Crippen molar-refractivity contribution in [1.82, 2.24) is 0 Å². The Balaban J connectivity index is 1.78. The fourth-order valence-electron chi connectivity index (χ4n) is 3.10. The molecular weight excluding hydrogens is 376 g/mol. The molecule has 1 heterocycles. The number of rotatable bonds is 6. The highest BCUT2D eigenvalue weighted by Gasteiger charge is 2.40. The number of aromatic carboxylic acids is 1. The summed E-state index contributed by atoms with van der Waals surface area (Å²) in [6.07, 6.45) is -0.0603. The zero-order valence-corrected chi connectivity index (χ0v) is 16.0. The van der Waals surface area contributed by atoms with Crippen molar-refractivity contribution in [2.24, 2.45) is 0 Å². The summed E-state index contributed by atoms with van der Waals surface area (Å²) in [5, 5.41) is 12.2. The average Bonchev–Trinajstić information content (AvgIpc) is 2.96. The predicted molar refractivity (Wildman–Crippen MR) is 105 cm³/mol. The molecule has 3 rings (SSSR count). The molecule has 1 fully saturated rings. The highest BCUT2D eigenvalue weighted by molar-refractivity contribution is 6.23. The van der Waals surface area contributed by atoms with Gasteiger partial charge in [-0.05, 0) is 55.8 Å². The Morgan fingerprint density at radius 1 is 1.14 bits per heavy atom. The molecule has 29 heavy (non-hydrogen) atoms. The van der Waals surface area contributed by atoms with Gasteiger partial charge in [0.05, 0.1) is 29.8 Å². The van der Waals surface area contributed by atoms with Crippen LogP contribution in [0.5, 0.6) is 0 Å². The van der Waals surface area contributed by atoms with Gasteiger partial charge in [-0.25, -0.2) is 14.5 Å². The zero-order chi connectivity index (χ0) is 21.1. The first-order valence-electron chi connectivity index (χ1n) is 9.06. The standard InChI is InChI=1S/C21H20N2O6/c1-3-29-21(28)13-6-8-15(9-7-13)22-16-11-18(24)23(19(16)25)17-10-14(20(26)27)5-4-12(17)2/h4-10,16,22H,3,11H2,1-2H3,(H,26,27). The number of carboxylic acids is 1. The minimum atomic E-state index is -1.14. The minimum absolute atomic E-state index is 0.00263. The Labute approximate surface area is 167 Å². The average molecular weight is 396 g/mol. The molecule has 2 aromatic carbocycles. The van der Waals surface area contributed by atoms with E-state index in [1.54, 1.807) is 44.2 Å². The smallest absolute Gasteiger partial charge is 0.338 e. The van der Waals surface area contributed by atoms with E-state index in [9.17, 15) is 24.3 Å². The van der Waals surface area contributed by atoms with E-state index in [0.717, 1.165) is 4.90 Å². The number of amides is 2. The quantitative estimate of drug-likeness (QED) is 0.570. The van der Waals surface area contributed by atoms with Crippen LogP contribution in [-0.2, 0) is 14.3 Å². The van der Waals surface area contributed by atoms with Crippen LogP contribution in [-0.4, -0.2) is 41.5 Å². The lowest BCUT2D eigenvalue weighted by molar-refractivity contribution is -0.121. The summed E-state index contributed by atoms with van der Waals surface area (Å²) in [5.74, 6) is -2.45. The third-order valence-corrected chi connectivity index (χ3v) is 4.58. The molecule has 2 amide bonds. The predicted octanol–water partition coefficient (Wildman–Crippen LogP) is 2.61. The van der Waals surface area contributed by atoms with E-state index in [-0.39, 0.29) is 24.3 Å². The van der Waals surface area contributed by atoms with Crippen molar-refractivity contribution < 1.29 is 29.0 Å². The van der Waals surface area contributed by atoms with Crippen molar-refractivity contribution in [2.75, 3.05) is 16.8 Å². The molecule has 0 radical (unpaired) electrons. The lowest BCUT2D eigenvalue weighted by Gasteiger charge is -2.18. The fourth-order valence-corrected chi connectivity index (χ4v) is 3.10. The molecule has 1 saturated heterocycles. The largest absolute Gasteiger partial charge is 0.478 e. The maximum absolute atomic E-state index is 12.8. The summed E-state index contributed by atoms with van der Waals surface area (Å²) in [6.45, 7) is 3.70. The van der Waals surface area contributed by atoms with Crippen molar-refractivity contribution in [3.05, 3.63) is 59.2 Å². The van der Waals surface area contributed by atoms with Crippen LogP contribution >= 0.6 is 0 Å². The van der Waals surface area contributed by atoms with Gasteiger partial charge in [0.1, 0.15) is 6.04 Å². The van der Waals surface area contributed by atoms with Crippen molar-refractivity contribution in [3.8, 4) is 0 Å². The summed E-state index contributed by atoms with van der Waals surface area (Å²) in [5.41, 5.74) is 1.84. The van der Waals surface area contributed by atoms with Crippen molar-refractivity contribution >= 4 is 35.1 Å². The molecule has 0 aliphatic carbocycles. The van der Waals surface area contributed by atoms with Gasteiger partial charge in [0.25, 0.3) is 5.91 Å². The Morgan fingerprint density at radius 2 is 1.79 bits per heavy atom. The van der Waals surface area contributed by atoms with Crippen LogP contribution in [0.15, 0.2) is 42.5 Å². The van der Waals surface area contributed by atoms with E-state index >= 15 is 0 Å². The van der Waals surface area contributed by atoms with Crippen LogP contribution < -0.4 is 10.2 Å². The lowest BCUT2D eigenvalue weighted by atomic mass is 10.1. The number of aryl methyl sites for hydroxylation is 1. The molecule has 2 aromatic rings. The number of anilines is 2.